The first kappa shape index (κ1) is 26.1. The van der Waals surface area contributed by atoms with Gasteiger partial charge in [0.1, 0.15) is 36.2 Å². The second kappa shape index (κ2) is 10.4. The zero-order valence-corrected chi connectivity index (χ0v) is 17.7. The van der Waals surface area contributed by atoms with E-state index in [2.05, 4.69) is 0 Å². The van der Waals surface area contributed by atoms with Crippen LogP contribution >= 0.6 is 0 Å². The third-order valence-electron chi connectivity index (χ3n) is 6.36. The molecule has 2 heterocycles. The van der Waals surface area contributed by atoms with E-state index in [0.717, 1.165) is 0 Å². The van der Waals surface area contributed by atoms with E-state index >= 15 is 0 Å². The minimum atomic E-state index is -2.08. The number of hydrogen-bond donors (Lipinski definition) is 10. The van der Waals surface area contributed by atoms with Crippen molar-refractivity contribution < 1.29 is 44.5 Å². The van der Waals surface area contributed by atoms with Crippen LogP contribution < -0.4 is 28.7 Å². The lowest BCUT2D eigenvalue weighted by Crippen LogP contribution is -2.67. The number of ether oxygens (including phenoxy) is 4. The molecule has 3 fully saturated rings. The van der Waals surface area contributed by atoms with Crippen molar-refractivity contribution in [1.29, 1.82) is 0 Å². The van der Waals surface area contributed by atoms with Crippen molar-refractivity contribution in [1.82, 2.24) is 0 Å². The van der Waals surface area contributed by atoms with Gasteiger partial charge in [-0.1, -0.05) is 0 Å². The van der Waals surface area contributed by atoms with Crippen molar-refractivity contribution in [3.8, 4) is 0 Å². The minimum Gasteiger partial charge on any atom is -0.394 e. The van der Waals surface area contributed by atoms with Crippen LogP contribution in [0.15, 0.2) is 0 Å². The molecule has 2 aliphatic heterocycles. The van der Waals surface area contributed by atoms with Crippen LogP contribution in [-0.4, -0.2) is 118 Å². The maximum Gasteiger partial charge on any atom is 0.173 e. The summed E-state index contributed by atoms with van der Waals surface area (Å²) in [5.41, 5.74) is 27.6. The van der Waals surface area contributed by atoms with E-state index in [1.54, 1.807) is 0 Å². The van der Waals surface area contributed by atoms with Crippen LogP contribution in [0.3, 0.4) is 0 Å². The summed E-state index contributed by atoms with van der Waals surface area (Å²) in [5, 5.41) is 50.6. The molecule has 1 unspecified atom stereocenters. The summed E-state index contributed by atoms with van der Waals surface area (Å²) < 4.78 is 22.8. The second-order valence-corrected chi connectivity index (χ2v) is 8.93. The maximum absolute atomic E-state index is 11.0. The Kier molecular flexibility index (Phi) is 8.44. The van der Waals surface area contributed by atoms with Gasteiger partial charge in [0, 0.05) is 25.0 Å². The zero-order valence-electron chi connectivity index (χ0n) is 17.7. The Hall–Kier alpha value is -0.560. The van der Waals surface area contributed by atoms with Crippen LogP contribution in [0.2, 0.25) is 0 Å². The molecule has 15 N–H and O–H groups in total. The van der Waals surface area contributed by atoms with E-state index in [9.17, 15) is 25.5 Å². The summed E-state index contributed by atoms with van der Waals surface area (Å²) >= 11 is 0. The quantitative estimate of drug-likeness (QED) is 0.163. The van der Waals surface area contributed by atoms with E-state index in [1.807, 2.05) is 0 Å². The number of nitrogens with two attached hydrogens (primary N) is 5. The molecule has 32 heavy (non-hydrogen) atoms. The van der Waals surface area contributed by atoms with Crippen LogP contribution in [0.4, 0.5) is 0 Å². The molecule has 188 valence electrons. The van der Waals surface area contributed by atoms with E-state index in [1.165, 1.54) is 0 Å². The highest BCUT2D eigenvalue weighted by Gasteiger charge is 2.50. The fraction of sp³-hybridized carbons (Fsp3) is 1.00. The molecule has 0 spiro atoms. The van der Waals surface area contributed by atoms with Gasteiger partial charge in [0.05, 0.1) is 24.9 Å². The van der Waals surface area contributed by atoms with Gasteiger partial charge in [-0.05, 0) is 12.8 Å². The van der Waals surface area contributed by atoms with Gasteiger partial charge in [-0.15, -0.1) is 0 Å². The zero-order chi connectivity index (χ0) is 23.8. The van der Waals surface area contributed by atoms with Crippen molar-refractivity contribution in [2.45, 2.75) is 98.4 Å². The largest absolute Gasteiger partial charge is 0.394 e. The van der Waals surface area contributed by atoms with Gasteiger partial charge >= 0.3 is 0 Å². The highest BCUT2D eigenvalue weighted by molar-refractivity contribution is 5.00. The SMILES string of the molecule is NC[C@H]1O[C@H](O[C@H]2[C@H](O)[C@@H](O[C@@H]3CC(N)(O)[C@H](O)[C@@H](CO)O3)[C@H](N)C[C@@H]2N)[C@H](N)C[C@@H]1O. The van der Waals surface area contributed by atoms with Crippen LogP contribution in [0.1, 0.15) is 19.3 Å². The lowest BCUT2D eigenvalue weighted by atomic mass is 9.84. The average Bonchev–Trinajstić information content (AvgIpc) is 2.72. The standard InChI is InChI=1S/C18H37N5O9/c19-4-10-9(25)2-8(22)17(30-10)32-15-7(21)1-6(20)14(13(15)26)31-12-3-18(23,28)16(27)11(5-24)29-12/h6-17,24-28H,1-5,19-23H2/t6-,7+,8-,9+,10-,11-,12-,13-,14+,15-,16-,17-,18?/m1/s1. The maximum atomic E-state index is 11.0. The Bertz CT molecular complexity index is 619. The van der Waals surface area contributed by atoms with Gasteiger partial charge in [-0.25, -0.2) is 0 Å². The van der Waals surface area contributed by atoms with Crippen molar-refractivity contribution in [2.75, 3.05) is 13.2 Å². The number of hydrogen-bond acceptors (Lipinski definition) is 14. The number of rotatable bonds is 6. The molecule has 13 atom stereocenters. The van der Waals surface area contributed by atoms with E-state index in [-0.39, 0.29) is 25.8 Å². The van der Waals surface area contributed by atoms with E-state index < -0.39 is 85.8 Å². The summed E-state index contributed by atoms with van der Waals surface area (Å²) in [6.45, 7) is -0.552. The van der Waals surface area contributed by atoms with Gasteiger partial charge < -0.3 is 73.1 Å². The molecule has 14 nitrogen and oxygen atoms in total. The molecule has 14 heteroatoms. The topological polar surface area (TPSA) is 268 Å². The summed E-state index contributed by atoms with van der Waals surface area (Å²) in [6, 6.07) is -2.07. The number of aliphatic hydroxyl groups excluding tert-OH is 4. The molecule has 0 aromatic rings. The van der Waals surface area contributed by atoms with Crippen LogP contribution in [0.5, 0.6) is 0 Å². The fourth-order valence-corrected chi connectivity index (χ4v) is 4.47. The van der Waals surface area contributed by atoms with Crippen molar-refractivity contribution in [2.24, 2.45) is 28.7 Å². The molecule has 3 aliphatic rings. The number of aliphatic hydroxyl groups is 5. The summed E-state index contributed by atoms with van der Waals surface area (Å²) in [6.07, 6.45) is -9.65. The first-order chi connectivity index (χ1) is 15.0. The van der Waals surface area contributed by atoms with Crippen molar-refractivity contribution in [3.63, 3.8) is 0 Å². The van der Waals surface area contributed by atoms with Gasteiger partial charge in [0.15, 0.2) is 12.6 Å². The normalized spacial score (nSPS) is 52.7. The minimum absolute atomic E-state index is 0.0581. The molecular formula is C18H37N5O9. The third kappa shape index (κ3) is 5.39. The van der Waals surface area contributed by atoms with Crippen LogP contribution in [0.25, 0.3) is 0 Å². The smallest absolute Gasteiger partial charge is 0.173 e. The molecule has 2 saturated heterocycles. The molecule has 0 radical (unpaired) electrons. The van der Waals surface area contributed by atoms with Gasteiger partial charge in [0.2, 0.25) is 0 Å². The first-order valence-corrected chi connectivity index (χ1v) is 10.7. The van der Waals surface area contributed by atoms with Gasteiger partial charge in [-0.2, -0.15) is 0 Å². The van der Waals surface area contributed by atoms with Crippen molar-refractivity contribution >= 4 is 0 Å². The Morgan fingerprint density at radius 3 is 2.12 bits per heavy atom. The lowest BCUT2D eigenvalue weighted by Gasteiger charge is -2.48. The van der Waals surface area contributed by atoms with Gasteiger partial charge in [-0.3, -0.25) is 0 Å². The fourth-order valence-electron chi connectivity index (χ4n) is 4.47. The summed E-state index contributed by atoms with van der Waals surface area (Å²) in [4.78, 5) is 0. The Balaban J connectivity index is 1.69. The predicted molar refractivity (Wildman–Crippen MR) is 108 cm³/mol. The van der Waals surface area contributed by atoms with Gasteiger partial charge in [0.25, 0.3) is 0 Å². The first-order valence-electron chi connectivity index (χ1n) is 10.7. The molecule has 0 aromatic carbocycles. The second-order valence-electron chi connectivity index (χ2n) is 8.93. The van der Waals surface area contributed by atoms with Crippen LogP contribution in [-0.2, 0) is 18.9 Å². The van der Waals surface area contributed by atoms with E-state index in [0.29, 0.717) is 0 Å². The third-order valence-corrected chi connectivity index (χ3v) is 6.36. The Labute approximate surface area is 185 Å². The molecular weight excluding hydrogens is 430 g/mol. The average molecular weight is 468 g/mol. The van der Waals surface area contributed by atoms with Crippen molar-refractivity contribution in [3.05, 3.63) is 0 Å². The highest BCUT2D eigenvalue weighted by Crippen LogP contribution is 2.32. The van der Waals surface area contributed by atoms with E-state index in [4.69, 9.17) is 47.6 Å². The Morgan fingerprint density at radius 1 is 0.906 bits per heavy atom. The molecule has 0 amide bonds. The molecule has 0 bridgehead atoms. The van der Waals surface area contributed by atoms with Crippen LogP contribution in [0, 0.1) is 0 Å². The molecule has 1 saturated carbocycles. The molecule has 1 aliphatic carbocycles. The molecule has 0 aromatic heterocycles. The summed E-state index contributed by atoms with van der Waals surface area (Å²) in [5.74, 6) is 0. The molecule has 3 rings (SSSR count). The lowest BCUT2D eigenvalue weighted by molar-refractivity contribution is -0.316. The summed E-state index contributed by atoms with van der Waals surface area (Å²) in [7, 11) is 0. The highest BCUT2D eigenvalue weighted by atomic mass is 16.7. The predicted octanol–water partition coefficient (Wildman–Crippen LogP) is -5.95. The Morgan fingerprint density at radius 2 is 1.53 bits per heavy atom. The monoisotopic (exact) mass is 467 g/mol.